The van der Waals surface area contributed by atoms with E-state index < -0.39 is 0 Å². The summed E-state index contributed by atoms with van der Waals surface area (Å²) >= 11 is 0. The van der Waals surface area contributed by atoms with Crippen molar-refractivity contribution >= 4 is 11.6 Å². The normalized spacial score (nSPS) is 17.8. The number of carbonyl (C=O) groups excluding carboxylic acids is 1. The van der Waals surface area contributed by atoms with Crippen LogP contribution >= 0.6 is 0 Å². The molecule has 1 aromatic rings. The van der Waals surface area contributed by atoms with Gasteiger partial charge in [-0.05, 0) is 26.3 Å². The quantitative estimate of drug-likeness (QED) is 0.844. The number of hydrogen-bond acceptors (Lipinski definition) is 4. The first kappa shape index (κ1) is 15.6. The maximum absolute atomic E-state index is 12.0. The maximum atomic E-state index is 12.0. The molecule has 1 aromatic carbocycles. The molecule has 0 radical (unpaired) electrons. The van der Waals surface area contributed by atoms with Gasteiger partial charge in [0.1, 0.15) is 17.6 Å². The van der Waals surface area contributed by atoms with Crippen molar-refractivity contribution in [3.8, 4) is 11.5 Å². The van der Waals surface area contributed by atoms with E-state index in [1.165, 1.54) is 0 Å². The first-order valence-corrected chi connectivity index (χ1v) is 7.55. The molecule has 0 aliphatic carbocycles. The molecule has 2 rings (SSSR count). The van der Waals surface area contributed by atoms with Crippen LogP contribution in [-0.4, -0.2) is 24.7 Å². The molecule has 0 spiro atoms. The van der Waals surface area contributed by atoms with Gasteiger partial charge in [0.05, 0.1) is 12.3 Å². The summed E-state index contributed by atoms with van der Waals surface area (Å²) in [6.45, 7) is 6.46. The Hall–Kier alpha value is -1.75. The van der Waals surface area contributed by atoms with Crippen LogP contribution in [0.15, 0.2) is 12.1 Å². The van der Waals surface area contributed by atoms with Crippen molar-refractivity contribution in [2.24, 2.45) is 5.73 Å². The fourth-order valence-electron chi connectivity index (χ4n) is 2.40. The molecule has 0 aromatic heterocycles. The van der Waals surface area contributed by atoms with E-state index in [9.17, 15) is 4.79 Å². The number of carbonyl (C=O) groups is 1. The smallest absolute Gasteiger partial charge is 0.226 e. The first-order valence-electron chi connectivity index (χ1n) is 7.55. The summed E-state index contributed by atoms with van der Waals surface area (Å²) < 4.78 is 11.4. The van der Waals surface area contributed by atoms with Gasteiger partial charge in [-0.1, -0.05) is 6.92 Å². The third kappa shape index (κ3) is 3.88. The van der Waals surface area contributed by atoms with Crippen molar-refractivity contribution in [1.29, 1.82) is 0 Å². The van der Waals surface area contributed by atoms with Gasteiger partial charge in [0.2, 0.25) is 5.91 Å². The van der Waals surface area contributed by atoms with Crippen molar-refractivity contribution in [3.63, 3.8) is 0 Å². The Morgan fingerprint density at radius 2 is 2.29 bits per heavy atom. The van der Waals surface area contributed by atoms with Crippen molar-refractivity contribution in [3.05, 3.63) is 17.7 Å². The van der Waals surface area contributed by atoms with Gasteiger partial charge < -0.3 is 20.5 Å². The Labute approximate surface area is 125 Å². The largest absolute Gasteiger partial charge is 0.492 e. The van der Waals surface area contributed by atoms with Gasteiger partial charge in [-0.2, -0.15) is 0 Å². The summed E-state index contributed by atoms with van der Waals surface area (Å²) in [5, 5.41) is 2.88. The predicted molar refractivity (Wildman–Crippen MR) is 82.9 cm³/mol. The summed E-state index contributed by atoms with van der Waals surface area (Å²) in [4.78, 5) is 12.0. The number of nitrogens with one attached hydrogen (secondary N) is 1. The van der Waals surface area contributed by atoms with E-state index in [4.69, 9.17) is 15.2 Å². The molecular formula is C16H24N2O3. The minimum absolute atomic E-state index is 0.101. The molecule has 21 heavy (non-hydrogen) atoms. The molecule has 1 aliphatic rings. The zero-order valence-electron chi connectivity index (χ0n) is 12.9. The molecule has 116 valence electrons. The van der Waals surface area contributed by atoms with Gasteiger partial charge in [-0.3, -0.25) is 4.79 Å². The maximum Gasteiger partial charge on any atom is 0.226 e. The van der Waals surface area contributed by atoms with Crippen LogP contribution in [0.1, 0.15) is 39.2 Å². The van der Waals surface area contributed by atoms with Crippen LogP contribution in [0, 0.1) is 0 Å². The zero-order valence-corrected chi connectivity index (χ0v) is 12.9. The van der Waals surface area contributed by atoms with Crippen LogP contribution in [0.2, 0.25) is 0 Å². The van der Waals surface area contributed by atoms with E-state index >= 15 is 0 Å². The van der Waals surface area contributed by atoms with Gasteiger partial charge >= 0.3 is 0 Å². The Bertz CT molecular complexity index is 516. The molecule has 3 N–H and O–H groups in total. The van der Waals surface area contributed by atoms with Crippen LogP contribution in [0.25, 0.3) is 0 Å². The molecule has 5 nitrogen and oxygen atoms in total. The van der Waals surface area contributed by atoms with Crippen molar-refractivity contribution < 1.29 is 14.3 Å². The van der Waals surface area contributed by atoms with Crippen LogP contribution in [0.5, 0.6) is 11.5 Å². The molecule has 0 fully saturated rings. The minimum Gasteiger partial charge on any atom is -0.492 e. The average molecular weight is 292 g/mol. The highest BCUT2D eigenvalue weighted by atomic mass is 16.5. The van der Waals surface area contributed by atoms with Gasteiger partial charge in [0.25, 0.3) is 0 Å². The number of nitrogens with two attached hydrogens (primary N) is 1. The fraction of sp³-hybridized carbons (Fsp3) is 0.562. The third-order valence-corrected chi connectivity index (χ3v) is 3.54. The Morgan fingerprint density at radius 1 is 1.52 bits per heavy atom. The van der Waals surface area contributed by atoms with E-state index in [-0.39, 0.29) is 18.1 Å². The number of benzene rings is 1. The van der Waals surface area contributed by atoms with Crippen LogP contribution in [0.3, 0.4) is 0 Å². The molecule has 0 bridgehead atoms. The van der Waals surface area contributed by atoms with E-state index in [0.717, 1.165) is 24.2 Å². The lowest BCUT2D eigenvalue weighted by atomic mass is 10.1. The zero-order chi connectivity index (χ0) is 15.4. The summed E-state index contributed by atoms with van der Waals surface area (Å²) in [6, 6.07) is 3.68. The summed E-state index contributed by atoms with van der Waals surface area (Å²) in [6.07, 6.45) is 2.10. The Balaban J connectivity index is 2.17. The molecule has 2 atom stereocenters. The predicted octanol–water partition coefficient (Wildman–Crippen LogP) is 2.47. The van der Waals surface area contributed by atoms with E-state index in [1.54, 1.807) is 0 Å². The highest BCUT2D eigenvalue weighted by Gasteiger charge is 2.22. The lowest BCUT2D eigenvalue weighted by Gasteiger charge is -2.14. The second-order valence-electron chi connectivity index (χ2n) is 5.44. The SMILES string of the molecule is CCOc1cc2c(cc1NC(=O)CC(N)CC)OC(C)C2. The van der Waals surface area contributed by atoms with Crippen LogP contribution in [0.4, 0.5) is 5.69 Å². The van der Waals surface area contributed by atoms with Crippen molar-refractivity contribution in [2.75, 3.05) is 11.9 Å². The number of amides is 1. The van der Waals surface area contributed by atoms with Crippen LogP contribution in [-0.2, 0) is 11.2 Å². The van der Waals surface area contributed by atoms with Crippen molar-refractivity contribution in [1.82, 2.24) is 0 Å². The lowest BCUT2D eigenvalue weighted by molar-refractivity contribution is -0.116. The number of hydrogen-bond donors (Lipinski definition) is 2. The minimum atomic E-state index is -0.119. The van der Waals surface area contributed by atoms with Gasteiger partial charge in [0, 0.05) is 30.5 Å². The molecule has 0 saturated heterocycles. The summed E-state index contributed by atoms with van der Waals surface area (Å²) in [5.74, 6) is 1.41. The number of fused-ring (bicyclic) bond motifs is 1. The second-order valence-corrected chi connectivity index (χ2v) is 5.44. The van der Waals surface area contributed by atoms with Crippen molar-refractivity contribution in [2.45, 2.75) is 52.2 Å². The Morgan fingerprint density at radius 3 is 2.95 bits per heavy atom. The van der Waals surface area contributed by atoms with E-state index in [1.807, 2.05) is 32.9 Å². The second kappa shape index (κ2) is 6.80. The molecule has 0 saturated carbocycles. The molecule has 1 heterocycles. The lowest BCUT2D eigenvalue weighted by Crippen LogP contribution is -2.26. The van der Waals surface area contributed by atoms with E-state index in [0.29, 0.717) is 24.5 Å². The fourth-order valence-corrected chi connectivity index (χ4v) is 2.40. The number of rotatable bonds is 6. The third-order valence-electron chi connectivity index (χ3n) is 3.54. The molecule has 2 unspecified atom stereocenters. The van der Waals surface area contributed by atoms with Gasteiger partial charge in [0.15, 0.2) is 0 Å². The summed E-state index contributed by atoms with van der Waals surface area (Å²) in [7, 11) is 0. The van der Waals surface area contributed by atoms with Crippen LogP contribution < -0.4 is 20.5 Å². The van der Waals surface area contributed by atoms with E-state index in [2.05, 4.69) is 5.32 Å². The number of ether oxygens (including phenoxy) is 2. The topological polar surface area (TPSA) is 73.6 Å². The Kier molecular flexibility index (Phi) is 5.07. The number of anilines is 1. The molecule has 5 heteroatoms. The standard InChI is InChI=1S/C16H24N2O3/c1-4-12(17)8-16(19)18-13-9-14-11(6-10(3)21-14)7-15(13)20-5-2/h7,9-10,12H,4-6,8,17H2,1-3H3,(H,18,19). The summed E-state index contributed by atoms with van der Waals surface area (Å²) in [5.41, 5.74) is 7.59. The highest BCUT2D eigenvalue weighted by molar-refractivity contribution is 5.93. The molecule has 1 amide bonds. The highest BCUT2D eigenvalue weighted by Crippen LogP contribution is 2.38. The first-order chi connectivity index (χ1) is 10.0. The van der Waals surface area contributed by atoms with Gasteiger partial charge in [-0.25, -0.2) is 0 Å². The molecule has 1 aliphatic heterocycles. The molecular weight excluding hydrogens is 268 g/mol. The monoisotopic (exact) mass is 292 g/mol. The van der Waals surface area contributed by atoms with Gasteiger partial charge in [-0.15, -0.1) is 0 Å². The average Bonchev–Trinajstić information content (AvgIpc) is 2.78.